The van der Waals surface area contributed by atoms with E-state index in [1.807, 2.05) is 18.2 Å². The minimum Gasteiger partial charge on any atom is -0.458 e. The fourth-order valence-corrected chi connectivity index (χ4v) is 4.07. The molecule has 3 aromatic rings. The highest BCUT2D eigenvalue weighted by Crippen LogP contribution is 2.38. The first-order chi connectivity index (χ1) is 9.04. The van der Waals surface area contributed by atoms with Crippen LogP contribution in [0.5, 0.6) is 0 Å². The van der Waals surface area contributed by atoms with E-state index in [1.54, 1.807) is 12.1 Å². The standard InChI is InChI=1S/C13H7Br2ClO2S/c14-8-5-11(19-13(8)15)12(17)10-4-6-3-7(16)1-2-9(6)18-10/h1-5,12,17H. The summed E-state index contributed by atoms with van der Waals surface area (Å²) in [5.74, 6) is 0.513. The summed E-state index contributed by atoms with van der Waals surface area (Å²) in [6, 6.07) is 9.07. The summed E-state index contributed by atoms with van der Waals surface area (Å²) in [5, 5.41) is 11.9. The van der Waals surface area contributed by atoms with Gasteiger partial charge in [-0.2, -0.15) is 0 Å². The number of rotatable bonds is 2. The Labute approximate surface area is 135 Å². The van der Waals surface area contributed by atoms with Crippen LogP contribution < -0.4 is 0 Å². The maximum absolute atomic E-state index is 10.3. The van der Waals surface area contributed by atoms with E-state index in [1.165, 1.54) is 11.3 Å². The van der Waals surface area contributed by atoms with Gasteiger partial charge in [0.05, 0.1) is 3.79 Å². The molecular formula is C13H7Br2ClO2S. The zero-order valence-electron chi connectivity index (χ0n) is 9.36. The first kappa shape index (κ1) is 13.6. The SMILES string of the molecule is OC(c1cc2cc(Cl)ccc2o1)c1cc(Br)c(Br)s1. The molecule has 6 heteroatoms. The molecule has 0 aliphatic carbocycles. The van der Waals surface area contributed by atoms with Crippen LogP contribution in [-0.4, -0.2) is 5.11 Å². The van der Waals surface area contributed by atoms with Crippen LogP contribution in [0.25, 0.3) is 11.0 Å². The third kappa shape index (κ3) is 2.62. The Hall–Kier alpha value is -0.330. The molecule has 1 aromatic carbocycles. The monoisotopic (exact) mass is 420 g/mol. The Morgan fingerprint density at radius 3 is 2.68 bits per heavy atom. The fourth-order valence-electron chi connectivity index (χ4n) is 1.81. The van der Waals surface area contributed by atoms with Gasteiger partial charge in [-0.3, -0.25) is 0 Å². The molecule has 0 aliphatic rings. The highest BCUT2D eigenvalue weighted by atomic mass is 79.9. The van der Waals surface area contributed by atoms with Gasteiger partial charge in [-0.25, -0.2) is 0 Å². The van der Waals surface area contributed by atoms with Gasteiger partial charge >= 0.3 is 0 Å². The highest BCUT2D eigenvalue weighted by Gasteiger charge is 2.19. The van der Waals surface area contributed by atoms with Crippen LogP contribution in [0.3, 0.4) is 0 Å². The summed E-state index contributed by atoms with van der Waals surface area (Å²) in [6.45, 7) is 0. The van der Waals surface area contributed by atoms with Gasteiger partial charge in [0.25, 0.3) is 0 Å². The third-order valence-corrected chi connectivity index (χ3v) is 6.24. The maximum Gasteiger partial charge on any atom is 0.146 e. The normalized spacial score (nSPS) is 13.1. The molecule has 1 atom stereocenters. The van der Waals surface area contributed by atoms with Crippen molar-refractivity contribution in [3.05, 3.63) is 54.3 Å². The molecule has 0 saturated carbocycles. The van der Waals surface area contributed by atoms with E-state index < -0.39 is 6.10 Å². The molecule has 19 heavy (non-hydrogen) atoms. The molecule has 2 nitrogen and oxygen atoms in total. The van der Waals surface area contributed by atoms with Gasteiger partial charge in [-0.05, 0) is 62.2 Å². The molecule has 0 aliphatic heterocycles. The molecule has 1 N–H and O–H groups in total. The van der Waals surface area contributed by atoms with Crippen LogP contribution in [0.2, 0.25) is 5.02 Å². The van der Waals surface area contributed by atoms with Crippen LogP contribution >= 0.6 is 54.8 Å². The largest absolute Gasteiger partial charge is 0.458 e. The van der Waals surface area contributed by atoms with Crippen LogP contribution in [-0.2, 0) is 0 Å². The van der Waals surface area contributed by atoms with Crippen molar-refractivity contribution >= 4 is 65.8 Å². The van der Waals surface area contributed by atoms with Crippen LogP contribution in [0, 0.1) is 0 Å². The van der Waals surface area contributed by atoms with Gasteiger partial charge in [0, 0.05) is 19.8 Å². The number of hydrogen-bond acceptors (Lipinski definition) is 3. The predicted molar refractivity (Wildman–Crippen MR) is 85.0 cm³/mol. The second-order valence-corrected chi connectivity index (χ2v) is 7.70. The Morgan fingerprint density at radius 1 is 1.21 bits per heavy atom. The van der Waals surface area contributed by atoms with E-state index in [0.717, 1.165) is 18.5 Å². The van der Waals surface area contributed by atoms with E-state index in [-0.39, 0.29) is 0 Å². The Balaban J connectivity index is 2.03. The average molecular weight is 423 g/mol. The zero-order chi connectivity index (χ0) is 13.6. The molecular weight excluding hydrogens is 415 g/mol. The summed E-state index contributed by atoms with van der Waals surface area (Å²) >= 11 is 14.2. The number of halogens is 3. The van der Waals surface area contributed by atoms with Gasteiger partial charge < -0.3 is 9.52 Å². The number of hydrogen-bond donors (Lipinski definition) is 1. The molecule has 1 unspecified atom stereocenters. The lowest BCUT2D eigenvalue weighted by atomic mass is 10.2. The number of aliphatic hydroxyl groups excluding tert-OH is 1. The quantitative estimate of drug-likeness (QED) is 0.570. The smallest absolute Gasteiger partial charge is 0.146 e. The lowest BCUT2D eigenvalue weighted by molar-refractivity contribution is 0.196. The molecule has 0 bridgehead atoms. The van der Waals surface area contributed by atoms with Crippen molar-refractivity contribution in [3.63, 3.8) is 0 Å². The van der Waals surface area contributed by atoms with E-state index in [4.69, 9.17) is 16.0 Å². The molecule has 3 rings (SSSR count). The summed E-state index contributed by atoms with van der Waals surface area (Å²) in [4.78, 5) is 0.809. The summed E-state index contributed by atoms with van der Waals surface area (Å²) in [5.41, 5.74) is 0.716. The van der Waals surface area contributed by atoms with Crippen molar-refractivity contribution in [2.75, 3.05) is 0 Å². The molecule has 98 valence electrons. The van der Waals surface area contributed by atoms with Crippen molar-refractivity contribution in [1.29, 1.82) is 0 Å². The summed E-state index contributed by atoms with van der Waals surface area (Å²) < 4.78 is 7.52. The van der Waals surface area contributed by atoms with Crippen molar-refractivity contribution in [2.24, 2.45) is 0 Å². The summed E-state index contributed by atoms with van der Waals surface area (Å²) in [6.07, 6.45) is -0.779. The fraction of sp³-hybridized carbons (Fsp3) is 0.0769. The number of furan rings is 1. The molecule has 0 amide bonds. The second kappa shape index (κ2) is 5.22. The third-order valence-electron chi connectivity index (χ3n) is 2.70. The van der Waals surface area contributed by atoms with E-state index >= 15 is 0 Å². The topological polar surface area (TPSA) is 33.4 Å². The number of thiophene rings is 1. The second-order valence-electron chi connectivity index (χ2n) is 4.00. The predicted octanol–water partition coefficient (Wildman–Crippen LogP) is 5.75. The van der Waals surface area contributed by atoms with Crippen molar-refractivity contribution in [1.82, 2.24) is 0 Å². The number of fused-ring (bicyclic) bond motifs is 1. The minimum atomic E-state index is -0.779. The van der Waals surface area contributed by atoms with Crippen LogP contribution in [0.1, 0.15) is 16.7 Å². The van der Waals surface area contributed by atoms with Gasteiger partial charge in [0.15, 0.2) is 0 Å². The Morgan fingerprint density at radius 2 is 2.00 bits per heavy atom. The summed E-state index contributed by atoms with van der Waals surface area (Å²) in [7, 11) is 0. The van der Waals surface area contributed by atoms with Crippen molar-refractivity contribution < 1.29 is 9.52 Å². The molecule has 0 spiro atoms. The van der Waals surface area contributed by atoms with Gasteiger partial charge in [-0.1, -0.05) is 11.6 Å². The van der Waals surface area contributed by atoms with Gasteiger partial charge in [0.1, 0.15) is 17.4 Å². The number of benzene rings is 1. The first-order valence-electron chi connectivity index (χ1n) is 5.36. The number of aliphatic hydroxyl groups is 1. The maximum atomic E-state index is 10.3. The average Bonchev–Trinajstić information content (AvgIpc) is 2.92. The van der Waals surface area contributed by atoms with E-state index in [9.17, 15) is 5.11 Å². The molecule has 2 heterocycles. The van der Waals surface area contributed by atoms with Crippen molar-refractivity contribution in [3.8, 4) is 0 Å². The molecule has 2 aromatic heterocycles. The molecule has 0 radical (unpaired) electrons. The van der Waals surface area contributed by atoms with E-state index in [2.05, 4.69) is 31.9 Å². The van der Waals surface area contributed by atoms with E-state index in [0.29, 0.717) is 16.4 Å². The molecule has 0 saturated heterocycles. The Bertz CT molecular complexity index is 731. The Kier molecular flexibility index (Phi) is 3.75. The lowest BCUT2D eigenvalue weighted by Gasteiger charge is -2.03. The van der Waals surface area contributed by atoms with Crippen molar-refractivity contribution in [2.45, 2.75) is 6.10 Å². The molecule has 0 fully saturated rings. The van der Waals surface area contributed by atoms with Crippen LogP contribution in [0.15, 0.2) is 43.0 Å². The van der Waals surface area contributed by atoms with Crippen LogP contribution in [0.4, 0.5) is 0 Å². The van der Waals surface area contributed by atoms with Gasteiger partial charge in [0.2, 0.25) is 0 Å². The highest BCUT2D eigenvalue weighted by molar-refractivity contribution is 9.13. The first-order valence-corrected chi connectivity index (χ1v) is 8.14. The lowest BCUT2D eigenvalue weighted by Crippen LogP contribution is -1.93. The van der Waals surface area contributed by atoms with Gasteiger partial charge in [-0.15, -0.1) is 11.3 Å². The minimum absolute atomic E-state index is 0.513. The zero-order valence-corrected chi connectivity index (χ0v) is 14.1.